The maximum atomic E-state index is 11.6. The Labute approximate surface area is 134 Å². The average molecular weight is 318 g/mol. The minimum Gasteiger partial charge on any atom is -0.544 e. The van der Waals surface area contributed by atoms with Crippen LogP contribution in [-0.4, -0.2) is 20.8 Å². The average Bonchev–Trinajstić information content (AvgIpc) is 2.81. The molecule has 0 aliphatic carbocycles. The standard InChI is InChI=1S/C18H27NO2Si/c1-7-18(12-16(20)19-13-18)14-8-10-15(11-9-14)21-22(5,6)17(2,3)4/h7-11H,1,12-13H2,2-6H3,(H,19,20). The van der Waals surface area contributed by atoms with Gasteiger partial charge in [-0.1, -0.05) is 39.0 Å². The van der Waals surface area contributed by atoms with Gasteiger partial charge in [0.25, 0.3) is 0 Å². The lowest BCUT2D eigenvalue weighted by atomic mass is 9.80. The van der Waals surface area contributed by atoms with Gasteiger partial charge < -0.3 is 9.74 Å². The Hall–Kier alpha value is -1.55. The van der Waals surface area contributed by atoms with E-state index in [1.54, 1.807) is 0 Å². The van der Waals surface area contributed by atoms with Gasteiger partial charge in [-0.2, -0.15) is 0 Å². The van der Waals surface area contributed by atoms with E-state index in [9.17, 15) is 4.79 Å². The van der Waals surface area contributed by atoms with E-state index in [2.05, 4.69) is 57.9 Å². The highest BCUT2D eigenvalue weighted by atomic mass is 28.4. The lowest BCUT2D eigenvalue weighted by molar-refractivity contribution is -0.119. The third-order valence-electron chi connectivity index (χ3n) is 5.08. The molecule has 0 saturated carbocycles. The summed E-state index contributed by atoms with van der Waals surface area (Å²) in [7, 11) is -1.82. The zero-order chi connectivity index (χ0) is 16.6. The van der Waals surface area contributed by atoms with Gasteiger partial charge in [-0.3, -0.25) is 4.79 Å². The highest BCUT2D eigenvalue weighted by molar-refractivity contribution is 6.74. The largest absolute Gasteiger partial charge is 0.544 e. The number of hydrogen-bond donors (Lipinski definition) is 1. The van der Waals surface area contributed by atoms with Crippen molar-refractivity contribution in [1.29, 1.82) is 0 Å². The molecule has 0 spiro atoms. The van der Waals surface area contributed by atoms with Gasteiger partial charge in [0, 0.05) is 18.4 Å². The maximum Gasteiger partial charge on any atom is 0.250 e. The molecule has 0 radical (unpaired) electrons. The van der Waals surface area contributed by atoms with Gasteiger partial charge in [0.15, 0.2) is 0 Å². The van der Waals surface area contributed by atoms with Crippen molar-refractivity contribution in [1.82, 2.24) is 5.32 Å². The molecule has 22 heavy (non-hydrogen) atoms. The van der Waals surface area contributed by atoms with Gasteiger partial charge in [-0.15, -0.1) is 6.58 Å². The van der Waals surface area contributed by atoms with Gasteiger partial charge in [0.05, 0.1) is 0 Å². The second kappa shape index (κ2) is 5.58. The minimum atomic E-state index is -1.82. The molecule has 1 atom stereocenters. The van der Waals surface area contributed by atoms with Crippen LogP contribution in [0.3, 0.4) is 0 Å². The van der Waals surface area contributed by atoms with Gasteiger partial charge in [-0.05, 0) is 35.8 Å². The van der Waals surface area contributed by atoms with Crippen LogP contribution in [0.25, 0.3) is 0 Å². The molecule has 1 amide bonds. The first-order valence-electron chi connectivity index (χ1n) is 7.79. The zero-order valence-corrected chi connectivity index (χ0v) is 15.3. The Morgan fingerprint density at radius 3 is 2.27 bits per heavy atom. The summed E-state index contributed by atoms with van der Waals surface area (Å²) in [5.74, 6) is 0.994. The van der Waals surface area contributed by atoms with E-state index in [-0.39, 0.29) is 16.4 Å². The Bertz CT molecular complexity index is 572. The van der Waals surface area contributed by atoms with Gasteiger partial charge in [0.1, 0.15) is 5.75 Å². The third kappa shape index (κ3) is 3.12. The van der Waals surface area contributed by atoms with E-state index in [1.807, 2.05) is 18.2 Å². The van der Waals surface area contributed by atoms with E-state index in [0.717, 1.165) is 11.3 Å². The summed E-state index contributed by atoms with van der Waals surface area (Å²) in [5, 5.41) is 3.07. The fraction of sp³-hybridized carbons (Fsp3) is 0.500. The minimum absolute atomic E-state index is 0.0847. The quantitative estimate of drug-likeness (QED) is 0.673. The van der Waals surface area contributed by atoms with Crippen LogP contribution in [0.2, 0.25) is 18.1 Å². The maximum absolute atomic E-state index is 11.6. The Kier molecular flexibility index (Phi) is 4.26. The number of hydrogen-bond acceptors (Lipinski definition) is 2. The third-order valence-corrected chi connectivity index (χ3v) is 9.43. The summed E-state index contributed by atoms with van der Waals surface area (Å²) in [6, 6.07) is 8.16. The first kappa shape index (κ1) is 16.8. The summed E-state index contributed by atoms with van der Waals surface area (Å²) >= 11 is 0. The number of rotatable bonds is 4. The summed E-state index contributed by atoms with van der Waals surface area (Å²) in [6.45, 7) is 15.7. The van der Waals surface area contributed by atoms with Gasteiger partial charge in [-0.25, -0.2) is 0 Å². The van der Waals surface area contributed by atoms with Crippen molar-refractivity contribution in [2.75, 3.05) is 6.54 Å². The molecule has 4 heteroatoms. The van der Waals surface area contributed by atoms with Crippen molar-refractivity contribution in [3.8, 4) is 5.75 Å². The Balaban J connectivity index is 2.21. The summed E-state index contributed by atoms with van der Waals surface area (Å²) in [4.78, 5) is 11.6. The summed E-state index contributed by atoms with van der Waals surface area (Å²) in [5.41, 5.74) is 0.829. The molecule has 0 aromatic heterocycles. The molecule has 1 aromatic rings. The SMILES string of the molecule is C=CC1(c2ccc(O[Si](C)(C)C(C)(C)C)cc2)CNC(=O)C1. The highest BCUT2D eigenvalue weighted by Crippen LogP contribution is 2.38. The van der Waals surface area contributed by atoms with E-state index < -0.39 is 8.32 Å². The monoisotopic (exact) mass is 317 g/mol. The fourth-order valence-electron chi connectivity index (χ4n) is 2.44. The van der Waals surface area contributed by atoms with Crippen LogP contribution in [0.5, 0.6) is 5.75 Å². The highest BCUT2D eigenvalue weighted by Gasteiger charge is 2.40. The zero-order valence-electron chi connectivity index (χ0n) is 14.3. The van der Waals surface area contributed by atoms with Crippen LogP contribution in [0.15, 0.2) is 36.9 Å². The van der Waals surface area contributed by atoms with Crippen LogP contribution in [-0.2, 0) is 10.2 Å². The van der Waals surface area contributed by atoms with E-state index in [4.69, 9.17) is 4.43 Å². The molecule has 1 fully saturated rings. The molecule has 0 bridgehead atoms. The number of carbonyl (C=O) groups excluding carboxylic acids is 1. The number of nitrogens with one attached hydrogen (secondary N) is 1. The molecule has 1 saturated heterocycles. The predicted molar refractivity (Wildman–Crippen MR) is 93.8 cm³/mol. The van der Waals surface area contributed by atoms with Crippen molar-refractivity contribution in [3.63, 3.8) is 0 Å². The predicted octanol–water partition coefficient (Wildman–Crippen LogP) is 4.01. The molecule has 1 aromatic carbocycles. The van der Waals surface area contributed by atoms with Gasteiger partial charge in [0.2, 0.25) is 14.2 Å². The van der Waals surface area contributed by atoms with Crippen LogP contribution in [0.4, 0.5) is 0 Å². The topological polar surface area (TPSA) is 38.3 Å². The van der Waals surface area contributed by atoms with Crippen molar-refractivity contribution in [2.45, 2.75) is 50.7 Å². The van der Waals surface area contributed by atoms with Crippen LogP contribution >= 0.6 is 0 Å². The molecule has 1 aliphatic rings. The Morgan fingerprint density at radius 2 is 1.86 bits per heavy atom. The molecule has 1 heterocycles. The molecular weight excluding hydrogens is 290 g/mol. The number of carbonyl (C=O) groups is 1. The van der Waals surface area contributed by atoms with Crippen molar-refractivity contribution in [2.24, 2.45) is 0 Å². The molecule has 3 nitrogen and oxygen atoms in total. The van der Waals surface area contributed by atoms with Gasteiger partial charge >= 0.3 is 0 Å². The summed E-state index contributed by atoms with van der Waals surface area (Å²) in [6.07, 6.45) is 2.35. The van der Waals surface area contributed by atoms with Crippen LogP contribution < -0.4 is 9.74 Å². The van der Waals surface area contributed by atoms with Crippen LogP contribution in [0, 0.1) is 0 Å². The molecule has 2 rings (SSSR count). The lowest BCUT2D eigenvalue weighted by Gasteiger charge is -2.36. The molecular formula is C18H27NO2Si. The molecule has 1 N–H and O–H groups in total. The van der Waals surface area contributed by atoms with Crippen molar-refractivity contribution < 1.29 is 9.22 Å². The van der Waals surface area contributed by atoms with Crippen LogP contribution in [0.1, 0.15) is 32.8 Å². The van der Waals surface area contributed by atoms with E-state index in [1.165, 1.54) is 0 Å². The van der Waals surface area contributed by atoms with E-state index >= 15 is 0 Å². The number of benzene rings is 1. The normalized spacial score (nSPS) is 22.3. The van der Waals surface area contributed by atoms with Crippen molar-refractivity contribution >= 4 is 14.2 Å². The second-order valence-corrected chi connectivity index (χ2v) is 12.4. The first-order chi connectivity index (χ1) is 10.1. The molecule has 1 aliphatic heterocycles. The molecule has 120 valence electrons. The molecule has 1 unspecified atom stereocenters. The smallest absolute Gasteiger partial charge is 0.250 e. The van der Waals surface area contributed by atoms with E-state index in [0.29, 0.717) is 13.0 Å². The Morgan fingerprint density at radius 1 is 1.27 bits per heavy atom. The van der Waals surface area contributed by atoms with Crippen molar-refractivity contribution in [3.05, 3.63) is 42.5 Å². The number of amides is 1. The fourth-order valence-corrected chi connectivity index (χ4v) is 3.47. The summed E-state index contributed by atoms with van der Waals surface area (Å²) < 4.78 is 6.30. The second-order valence-electron chi connectivity index (χ2n) is 7.70. The first-order valence-corrected chi connectivity index (χ1v) is 10.7. The lowest BCUT2D eigenvalue weighted by Crippen LogP contribution is -2.43.